The van der Waals surface area contributed by atoms with Crippen LogP contribution in [0.5, 0.6) is 28.7 Å². The predicted octanol–water partition coefficient (Wildman–Crippen LogP) is 0.395. The van der Waals surface area contributed by atoms with E-state index >= 15 is 0 Å². The molecule has 1 saturated heterocycles. The maximum atomic E-state index is 13.3. The van der Waals surface area contributed by atoms with Crippen molar-refractivity contribution in [3.05, 3.63) is 100 Å². The first-order valence-corrected chi connectivity index (χ1v) is 15.2. The number of hydrogen-bond donors (Lipinski definition) is 5. The Bertz CT molecular complexity index is 2130. The van der Waals surface area contributed by atoms with Crippen molar-refractivity contribution in [2.75, 3.05) is 20.3 Å². The van der Waals surface area contributed by atoms with Crippen molar-refractivity contribution in [1.29, 1.82) is 0 Å². The topological polar surface area (TPSA) is 207 Å². The van der Waals surface area contributed by atoms with Gasteiger partial charge < -0.3 is 51.7 Å². The predicted molar refractivity (Wildman–Crippen MR) is 175 cm³/mol. The smallest absolute Gasteiger partial charge is 0.238 e. The number of fused-ring (bicyclic) bond motifs is 3. The Kier molecular flexibility index (Phi) is 10.5. The van der Waals surface area contributed by atoms with Crippen LogP contribution in [0, 0.1) is 0 Å². The maximum absolute atomic E-state index is 13.3. The highest BCUT2D eigenvalue weighted by Crippen LogP contribution is 2.38. The molecule has 260 valence electrons. The summed E-state index contributed by atoms with van der Waals surface area (Å²) in [5.41, 5.74) is 0.906. The molecule has 1 fully saturated rings. The molecule has 3 atom stereocenters. The third-order valence-corrected chi connectivity index (χ3v) is 8.66. The first kappa shape index (κ1) is 35.9. The zero-order chi connectivity index (χ0) is 35.0. The summed E-state index contributed by atoms with van der Waals surface area (Å²) in [4.78, 5) is 51.3. The molecule has 15 heteroatoms. The molecule has 2 aromatic heterocycles. The fraction of sp³-hybridized carbons (Fsp3) is 0.229. The minimum absolute atomic E-state index is 0. The van der Waals surface area contributed by atoms with Gasteiger partial charge in [-0.15, -0.1) is 0 Å². The van der Waals surface area contributed by atoms with Crippen molar-refractivity contribution < 1.29 is 61.3 Å². The molecule has 50 heavy (non-hydrogen) atoms. The Balaban J connectivity index is 0.000000195. The molecule has 14 nitrogen and oxygen atoms in total. The molecule has 3 aromatic carbocycles. The second-order valence-electron chi connectivity index (χ2n) is 11.5. The molecule has 5 aromatic rings. The van der Waals surface area contributed by atoms with Gasteiger partial charge in [0, 0.05) is 67.6 Å². The average Bonchev–Trinajstić information content (AvgIpc) is 3.36. The number of benzene rings is 3. The van der Waals surface area contributed by atoms with Crippen LogP contribution in [-0.4, -0.2) is 95.4 Å². The molecule has 7 rings (SSSR count). The number of ketones is 2. The number of carbonyl (C=O) groups excluding carboxylic acids is 2. The largest absolute Gasteiger partial charge is 1.00 e. The summed E-state index contributed by atoms with van der Waals surface area (Å²) in [5, 5.41) is 47.6. The normalized spacial score (nSPS) is 18.6. The molecule has 5 N–H and O–H groups in total. The van der Waals surface area contributed by atoms with Crippen molar-refractivity contribution in [3.8, 4) is 40.1 Å². The molecule has 0 radical (unpaired) electrons. The van der Waals surface area contributed by atoms with E-state index in [9.17, 15) is 39.9 Å². The van der Waals surface area contributed by atoms with E-state index in [1.165, 1.54) is 6.07 Å². The number of nitrogens with zero attached hydrogens (tertiary/aromatic N) is 4. The molecule has 0 saturated carbocycles. The zero-order valence-electron chi connectivity index (χ0n) is 26.7. The van der Waals surface area contributed by atoms with Crippen LogP contribution in [-0.2, 0) is 11.3 Å². The van der Waals surface area contributed by atoms with Crippen LogP contribution in [0.4, 0.5) is 0 Å². The van der Waals surface area contributed by atoms with Crippen LogP contribution >= 0.6 is 0 Å². The van der Waals surface area contributed by atoms with Gasteiger partial charge in [-0.25, -0.2) is 0 Å². The number of phenols is 4. The Morgan fingerprint density at radius 3 is 2.14 bits per heavy atom. The highest BCUT2D eigenvalue weighted by Gasteiger charge is 2.54. The summed E-state index contributed by atoms with van der Waals surface area (Å²) >= 11 is 0. The minimum atomic E-state index is -0.888. The lowest BCUT2D eigenvalue weighted by atomic mass is 9.82. The second kappa shape index (κ2) is 14.6. The van der Waals surface area contributed by atoms with Crippen molar-refractivity contribution in [1.82, 2.24) is 19.8 Å². The lowest BCUT2D eigenvalue weighted by Gasteiger charge is -2.31. The number of methoxy groups -OCH3 is 1. The standard InChI is InChI=1S/C20H22N4O3.C15H10O7.BrH/c1-13-23(9-10-27-2)17-18(24(13)12-14-11-21-7-8-22-14)20(26)16-6-4-3-5-15(16)19(17)25;16-7-4-10(19)12-11(5-7)22-15(14(21)13(12)20)6-1-2-8(17)9(18)3-6;/h3-8,11,13,17-18H,9-10,12H2,1-2H3;1-5,16-19,21H;1H/p-1. The highest BCUT2D eigenvalue weighted by molar-refractivity contribution is 6.19. The van der Waals surface area contributed by atoms with Gasteiger partial charge in [-0.05, 0) is 25.1 Å². The van der Waals surface area contributed by atoms with Crippen molar-refractivity contribution in [3.63, 3.8) is 0 Å². The lowest BCUT2D eigenvalue weighted by Crippen LogP contribution is -3.00. The Hall–Kier alpha value is -5.35. The van der Waals surface area contributed by atoms with Crippen molar-refractivity contribution >= 4 is 22.5 Å². The van der Waals surface area contributed by atoms with E-state index in [4.69, 9.17) is 9.15 Å². The molecule has 1 aliphatic carbocycles. The molecule has 1 aliphatic heterocycles. The maximum Gasteiger partial charge on any atom is 0.238 e. The van der Waals surface area contributed by atoms with Gasteiger partial charge in [-0.3, -0.25) is 34.2 Å². The first-order chi connectivity index (χ1) is 23.5. The Morgan fingerprint density at radius 2 is 1.52 bits per heavy atom. The van der Waals surface area contributed by atoms with Crippen molar-refractivity contribution in [2.45, 2.75) is 31.7 Å². The first-order valence-electron chi connectivity index (χ1n) is 15.2. The quantitative estimate of drug-likeness (QED) is 0.149. The van der Waals surface area contributed by atoms with Crippen LogP contribution in [0.1, 0.15) is 33.3 Å². The number of hydrogen-bond acceptors (Lipinski definition) is 14. The number of halogens is 1. The van der Waals surface area contributed by atoms with Gasteiger partial charge in [0.2, 0.25) is 11.2 Å². The molecule has 0 bridgehead atoms. The van der Waals surface area contributed by atoms with Gasteiger partial charge in [-0.1, -0.05) is 24.3 Å². The molecule has 3 heterocycles. The van der Waals surface area contributed by atoms with E-state index in [2.05, 4.69) is 19.8 Å². The molecular formula is C35H32BrN4O10-. The number of rotatable bonds is 6. The van der Waals surface area contributed by atoms with E-state index in [0.29, 0.717) is 30.8 Å². The van der Waals surface area contributed by atoms with Gasteiger partial charge in [-0.2, -0.15) is 0 Å². The summed E-state index contributed by atoms with van der Waals surface area (Å²) < 4.78 is 10.6. The highest BCUT2D eigenvalue weighted by atomic mass is 79.9. The lowest BCUT2D eigenvalue weighted by molar-refractivity contribution is -0.0000302. The third-order valence-electron chi connectivity index (χ3n) is 8.66. The average molecular weight is 749 g/mol. The summed E-state index contributed by atoms with van der Waals surface area (Å²) in [6, 6.07) is 11.7. The van der Waals surface area contributed by atoms with E-state index in [-0.39, 0.29) is 68.5 Å². The van der Waals surface area contributed by atoms with Gasteiger partial charge in [0.05, 0.1) is 30.6 Å². The summed E-state index contributed by atoms with van der Waals surface area (Å²) in [6.07, 6.45) is 4.86. The second-order valence-corrected chi connectivity index (χ2v) is 11.5. The van der Waals surface area contributed by atoms with Gasteiger partial charge in [0.25, 0.3) is 0 Å². The molecule has 3 unspecified atom stereocenters. The van der Waals surface area contributed by atoms with Crippen LogP contribution in [0.3, 0.4) is 0 Å². The monoisotopic (exact) mass is 747 g/mol. The fourth-order valence-electron chi connectivity index (χ4n) is 6.32. The number of carbonyl (C=O) groups is 2. The molecule has 0 amide bonds. The number of aromatic nitrogens is 2. The van der Waals surface area contributed by atoms with E-state index in [1.807, 2.05) is 6.92 Å². The van der Waals surface area contributed by atoms with Crippen LogP contribution in [0.15, 0.2) is 82.4 Å². The summed E-state index contributed by atoms with van der Waals surface area (Å²) in [5.74, 6) is -2.72. The number of Topliss-reactive ketones (excluding diaryl/α,β-unsaturated/α-hetero) is 2. The summed E-state index contributed by atoms with van der Waals surface area (Å²) in [7, 11) is 1.64. The Labute approximate surface area is 295 Å². The molecular weight excluding hydrogens is 716 g/mol. The summed E-state index contributed by atoms with van der Waals surface area (Å²) in [6.45, 7) is 3.56. The number of aromatic hydroxyl groups is 5. The SMILES string of the molecule is COCCN1C2C(=O)c3ccccc3C(=O)C2N(Cc2cnccn2)C1C.O=c1c(O)c(-c2ccc(O)c(O)c2)oc2cc(O)cc(O)c12.[Br-]. The van der Waals surface area contributed by atoms with Crippen LogP contribution in [0.2, 0.25) is 0 Å². The van der Waals surface area contributed by atoms with Gasteiger partial charge >= 0.3 is 0 Å². The van der Waals surface area contributed by atoms with E-state index in [1.54, 1.807) is 50.0 Å². The number of phenolic OH excluding ortho intramolecular Hbond substituents is 4. The molecule has 2 aliphatic rings. The van der Waals surface area contributed by atoms with Crippen LogP contribution < -0.4 is 22.4 Å². The minimum Gasteiger partial charge on any atom is -1.00 e. The number of ether oxygens (including phenoxy) is 1. The van der Waals surface area contributed by atoms with Gasteiger partial charge in [0.1, 0.15) is 22.5 Å². The van der Waals surface area contributed by atoms with Crippen molar-refractivity contribution in [2.24, 2.45) is 0 Å². The Morgan fingerprint density at radius 1 is 0.840 bits per heavy atom. The van der Waals surface area contributed by atoms with E-state index in [0.717, 1.165) is 30.0 Å². The van der Waals surface area contributed by atoms with Crippen LogP contribution in [0.25, 0.3) is 22.3 Å². The fourth-order valence-corrected chi connectivity index (χ4v) is 6.32. The van der Waals surface area contributed by atoms with Gasteiger partial charge in [0.15, 0.2) is 28.8 Å². The van der Waals surface area contributed by atoms with E-state index < -0.39 is 34.8 Å². The third kappa shape index (κ3) is 6.50. The zero-order valence-corrected chi connectivity index (χ0v) is 28.3. The molecule has 0 spiro atoms.